The van der Waals surface area contributed by atoms with Crippen LogP contribution in [0.4, 0.5) is 0 Å². The molecule has 41 heavy (non-hydrogen) atoms. The van der Waals surface area contributed by atoms with Crippen LogP contribution in [0.25, 0.3) is 0 Å². The highest BCUT2D eigenvalue weighted by atomic mass is 31.1. The molecule has 4 aromatic rings. The van der Waals surface area contributed by atoms with Crippen molar-refractivity contribution in [3.63, 3.8) is 0 Å². The number of hydrogen-bond acceptors (Lipinski definition) is 6. The van der Waals surface area contributed by atoms with E-state index in [1.165, 1.54) is 0 Å². The Hall–Kier alpha value is -3.14. The van der Waals surface area contributed by atoms with Gasteiger partial charge in [0.1, 0.15) is 23.0 Å². The van der Waals surface area contributed by atoms with E-state index in [0.29, 0.717) is 6.42 Å². The van der Waals surface area contributed by atoms with Gasteiger partial charge in [-0.25, -0.2) is 0 Å². The fourth-order valence-corrected chi connectivity index (χ4v) is 10.8. The van der Waals surface area contributed by atoms with Crippen LogP contribution in [0, 0.1) is 0 Å². The van der Waals surface area contributed by atoms with Crippen molar-refractivity contribution in [3.8, 4) is 23.0 Å². The Morgan fingerprint density at radius 3 is 1.12 bits per heavy atom. The van der Waals surface area contributed by atoms with Crippen LogP contribution in [0.15, 0.2) is 97.1 Å². The Labute approximate surface area is 246 Å². The van der Waals surface area contributed by atoms with Crippen molar-refractivity contribution in [2.75, 3.05) is 48.8 Å². The van der Waals surface area contributed by atoms with Gasteiger partial charge in [-0.15, -0.1) is 0 Å². The average molecular weight is 593 g/mol. The van der Waals surface area contributed by atoms with Crippen molar-refractivity contribution in [1.82, 2.24) is 0 Å². The molecular formula is C33H38O6P2. The molecule has 4 rings (SSSR count). The molecule has 0 atom stereocenters. The van der Waals surface area contributed by atoms with Crippen LogP contribution >= 0.6 is 15.8 Å². The molecule has 0 radical (unpaired) electrons. The zero-order valence-corrected chi connectivity index (χ0v) is 26.3. The number of para-hydroxylation sites is 4. The van der Waals surface area contributed by atoms with Crippen molar-refractivity contribution in [3.05, 3.63) is 97.1 Å². The highest BCUT2D eigenvalue weighted by Crippen LogP contribution is 2.56. The molecule has 0 aliphatic heterocycles. The van der Waals surface area contributed by atoms with Crippen LogP contribution in [-0.2, 0) is 9.47 Å². The summed E-state index contributed by atoms with van der Waals surface area (Å²) in [6.45, 7) is 0. The summed E-state index contributed by atoms with van der Waals surface area (Å²) < 4.78 is 36.3. The Balaban J connectivity index is 1.88. The maximum atomic E-state index is 6.44. The molecule has 0 spiro atoms. The first-order valence-electron chi connectivity index (χ1n) is 13.3. The molecule has 0 saturated heterocycles. The van der Waals surface area contributed by atoms with Crippen molar-refractivity contribution in [2.24, 2.45) is 0 Å². The molecule has 0 aliphatic carbocycles. The molecule has 0 fully saturated rings. The van der Waals surface area contributed by atoms with Crippen molar-refractivity contribution in [1.29, 1.82) is 0 Å². The van der Waals surface area contributed by atoms with Crippen LogP contribution in [0.3, 0.4) is 0 Å². The maximum absolute atomic E-state index is 6.44. The molecule has 4 aromatic carbocycles. The third-order valence-corrected chi connectivity index (χ3v) is 12.6. The van der Waals surface area contributed by atoms with Crippen LogP contribution in [0.2, 0.25) is 0 Å². The van der Waals surface area contributed by atoms with E-state index in [1.807, 2.05) is 60.7 Å². The molecule has 0 saturated carbocycles. The Morgan fingerprint density at radius 2 is 0.780 bits per heavy atom. The van der Waals surface area contributed by atoms with Gasteiger partial charge in [-0.05, 0) is 38.3 Å². The summed E-state index contributed by atoms with van der Waals surface area (Å²) in [5.41, 5.74) is -0.997. The van der Waals surface area contributed by atoms with Gasteiger partial charge in [-0.3, -0.25) is 0 Å². The van der Waals surface area contributed by atoms with E-state index in [-0.39, 0.29) is 0 Å². The van der Waals surface area contributed by atoms with E-state index in [1.54, 1.807) is 42.7 Å². The second kappa shape index (κ2) is 14.7. The van der Waals surface area contributed by atoms with Gasteiger partial charge in [-0.1, -0.05) is 72.8 Å². The minimum atomic E-state index is -1.29. The van der Waals surface area contributed by atoms with Crippen LogP contribution in [-0.4, -0.2) is 54.3 Å². The standard InChI is InChI=1S/C33H38O6P2/c1-34-25-15-7-11-19-29(25)40(30-20-12-8-16-26(30)35-2)24-23-33(38-5,39-6)41(31-21-13-9-17-27(31)36-3)32-22-14-10-18-28(32)37-4/h7-22H,23-24H2,1-6H3. The van der Waals surface area contributed by atoms with E-state index in [0.717, 1.165) is 50.4 Å². The lowest BCUT2D eigenvalue weighted by Gasteiger charge is -2.40. The predicted octanol–water partition coefficient (Wildman–Crippen LogP) is 5.62. The molecule has 0 heterocycles. The second-order valence-electron chi connectivity index (χ2n) is 9.05. The summed E-state index contributed by atoms with van der Waals surface area (Å²) in [4.78, 5) is 0. The predicted molar refractivity (Wildman–Crippen MR) is 171 cm³/mol. The largest absolute Gasteiger partial charge is 0.496 e. The Morgan fingerprint density at radius 1 is 0.463 bits per heavy atom. The molecule has 0 aromatic heterocycles. The highest BCUT2D eigenvalue weighted by molar-refractivity contribution is 7.75. The van der Waals surface area contributed by atoms with Crippen LogP contribution in [0.5, 0.6) is 23.0 Å². The molecule has 0 bridgehead atoms. The lowest BCUT2D eigenvalue weighted by atomic mass is 10.3. The third kappa shape index (κ3) is 6.52. The summed E-state index contributed by atoms with van der Waals surface area (Å²) >= 11 is 0. The summed E-state index contributed by atoms with van der Waals surface area (Å²) in [5, 5.41) is 4.29. The van der Waals surface area contributed by atoms with Crippen molar-refractivity contribution in [2.45, 2.75) is 11.9 Å². The second-order valence-corrected chi connectivity index (χ2v) is 13.6. The number of benzene rings is 4. The molecule has 0 aliphatic rings. The monoisotopic (exact) mass is 592 g/mol. The van der Waals surface area contributed by atoms with Gasteiger partial charge in [0.05, 0.1) is 28.4 Å². The van der Waals surface area contributed by atoms with Gasteiger partial charge in [0.25, 0.3) is 0 Å². The number of ether oxygens (including phenoxy) is 6. The van der Waals surface area contributed by atoms with E-state index in [4.69, 9.17) is 28.4 Å². The molecule has 0 N–H and O–H groups in total. The molecule has 8 heteroatoms. The summed E-state index contributed by atoms with van der Waals surface area (Å²) in [6, 6.07) is 32.5. The first-order valence-corrected chi connectivity index (χ1v) is 16.1. The first-order chi connectivity index (χ1) is 20.1. The van der Waals surface area contributed by atoms with Gasteiger partial charge in [-0.2, -0.15) is 0 Å². The minimum Gasteiger partial charge on any atom is -0.496 e. The zero-order chi connectivity index (χ0) is 29.2. The Kier molecular flexibility index (Phi) is 11.0. The van der Waals surface area contributed by atoms with Gasteiger partial charge < -0.3 is 28.4 Å². The fraction of sp³-hybridized carbons (Fsp3) is 0.273. The SMILES string of the molecule is COc1ccccc1P(CCC(OC)(OC)P(c1ccccc1OC)c1ccccc1OC)c1ccccc1OC. The number of rotatable bonds is 14. The van der Waals surface area contributed by atoms with Gasteiger partial charge in [0.2, 0.25) is 0 Å². The summed E-state index contributed by atoms with van der Waals surface area (Å²) in [7, 11) is 8.04. The zero-order valence-electron chi connectivity index (χ0n) is 24.5. The highest BCUT2D eigenvalue weighted by Gasteiger charge is 2.44. The molecule has 6 nitrogen and oxygen atoms in total. The first kappa shape index (κ1) is 30.8. The van der Waals surface area contributed by atoms with Crippen LogP contribution < -0.4 is 40.2 Å². The van der Waals surface area contributed by atoms with Crippen molar-refractivity contribution < 1.29 is 28.4 Å². The summed E-state index contributed by atoms with van der Waals surface area (Å²) in [6.07, 6.45) is 1.34. The lowest BCUT2D eigenvalue weighted by Crippen LogP contribution is -2.40. The summed E-state index contributed by atoms with van der Waals surface area (Å²) in [5.74, 6) is 3.25. The van der Waals surface area contributed by atoms with Crippen LogP contribution in [0.1, 0.15) is 6.42 Å². The topological polar surface area (TPSA) is 55.4 Å². The van der Waals surface area contributed by atoms with Gasteiger partial charge >= 0.3 is 0 Å². The smallest absolute Gasteiger partial charge is 0.195 e. The molecule has 216 valence electrons. The lowest BCUT2D eigenvalue weighted by molar-refractivity contribution is -0.138. The van der Waals surface area contributed by atoms with E-state index < -0.39 is 21.4 Å². The third-order valence-electron chi connectivity index (χ3n) is 7.03. The van der Waals surface area contributed by atoms with E-state index >= 15 is 0 Å². The van der Waals surface area contributed by atoms with E-state index in [2.05, 4.69) is 36.4 Å². The normalized spacial score (nSPS) is 11.5. The number of hydrogen-bond donors (Lipinski definition) is 0. The molecule has 0 amide bonds. The minimum absolute atomic E-state index is 0.587. The molecular weight excluding hydrogens is 554 g/mol. The van der Waals surface area contributed by atoms with E-state index in [9.17, 15) is 0 Å². The average Bonchev–Trinajstić information content (AvgIpc) is 3.04. The maximum Gasteiger partial charge on any atom is 0.195 e. The van der Waals surface area contributed by atoms with Gasteiger partial charge in [0.15, 0.2) is 5.53 Å². The Bertz CT molecular complexity index is 1310. The van der Waals surface area contributed by atoms with Gasteiger partial charge in [0, 0.05) is 49.8 Å². The number of methoxy groups -OCH3 is 6. The van der Waals surface area contributed by atoms with Crippen molar-refractivity contribution >= 4 is 37.1 Å². The fourth-order valence-electron chi connectivity index (χ4n) is 5.04. The molecule has 0 unspecified atom stereocenters. The quantitative estimate of drug-likeness (QED) is 0.140.